The molecule has 1 aromatic heterocycles. The van der Waals surface area contributed by atoms with Gasteiger partial charge in [0.1, 0.15) is 5.82 Å². The number of nitrogens with zero attached hydrogens (tertiary/aromatic N) is 2. The summed E-state index contributed by atoms with van der Waals surface area (Å²) in [7, 11) is 0. The molecule has 5 nitrogen and oxygen atoms in total. The predicted molar refractivity (Wildman–Crippen MR) is 80.9 cm³/mol. The van der Waals surface area contributed by atoms with Crippen molar-refractivity contribution >= 4 is 5.91 Å². The highest BCUT2D eigenvalue weighted by atomic mass is 19.1. The van der Waals surface area contributed by atoms with Crippen LogP contribution in [0.4, 0.5) is 4.39 Å². The van der Waals surface area contributed by atoms with Crippen molar-refractivity contribution in [3.63, 3.8) is 0 Å². The first-order valence-corrected chi connectivity index (χ1v) is 7.40. The first kappa shape index (κ1) is 14.7. The molecule has 2 N–H and O–H groups in total. The number of carbonyl (C=O) groups is 1. The minimum atomic E-state index is -0.332. The maximum Gasteiger partial charge on any atom is 0.223 e. The summed E-state index contributed by atoms with van der Waals surface area (Å²) in [6.07, 6.45) is 4.84. The molecule has 2 aromatic rings. The quantitative estimate of drug-likeness (QED) is 0.879. The fourth-order valence-electron chi connectivity index (χ4n) is 2.50. The van der Waals surface area contributed by atoms with Gasteiger partial charge in [0, 0.05) is 24.9 Å². The summed E-state index contributed by atoms with van der Waals surface area (Å²) in [5.74, 6) is 0.0725. The molecule has 0 spiro atoms. The summed E-state index contributed by atoms with van der Waals surface area (Å²) in [6, 6.07) is 4.96. The van der Waals surface area contributed by atoms with Crippen molar-refractivity contribution < 1.29 is 9.18 Å². The second-order valence-corrected chi connectivity index (χ2v) is 5.68. The van der Waals surface area contributed by atoms with Crippen molar-refractivity contribution in [2.75, 3.05) is 13.1 Å². The van der Waals surface area contributed by atoms with Crippen LogP contribution in [0, 0.1) is 17.7 Å². The molecule has 22 heavy (non-hydrogen) atoms. The van der Waals surface area contributed by atoms with E-state index in [-0.39, 0.29) is 17.6 Å². The van der Waals surface area contributed by atoms with Crippen LogP contribution in [0.3, 0.4) is 0 Å². The number of halogens is 1. The molecule has 1 aromatic carbocycles. The van der Waals surface area contributed by atoms with E-state index < -0.39 is 0 Å². The summed E-state index contributed by atoms with van der Waals surface area (Å²) in [5.41, 5.74) is 1.19. The molecule has 6 heteroatoms. The number of amides is 1. The van der Waals surface area contributed by atoms with Crippen molar-refractivity contribution in [3.8, 4) is 5.69 Å². The summed E-state index contributed by atoms with van der Waals surface area (Å²) in [6.45, 7) is 4.06. The summed E-state index contributed by atoms with van der Waals surface area (Å²) >= 11 is 0. The van der Waals surface area contributed by atoms with Crippen molar-refractivity contribution in [3.05, 3.63) is 48.3 Å². The van der Waals surface area contributed by atoms with Gasteiger partial charge in [-0.15, -0.1) is 0 Å². The Morgan fingerprint density at radius 2 is 2.36 bits per heavy atom. The van der Waals surface area contributed by atoms with Gasteiger partial charge in [0.25, 0.3) is 0 Å². The molecule has 0 bridgehead atoms. The third-order valence-electron chi connectivity index (χ3n) is 4.20. The minimum absolute atomic E-state index is 0.0173. The molecule has 1 aliphatic heterocycles. The predicted octanol–water partition coefficient (Wildman–Crippen LogP) is 1.48. The minimum Gasteiger partial charge on any atom is -0.352 e. The zero-order chi connectivity index (χ0) is 15.5. The van der Waals surface area contributed by atoms with Crippen LogP contribution in [0.25, 0.3) is 5.69 Å². The lowest BCUT2D eigenvalue weighted by molar-refractivity contribution is -0.126. The van der Waals surface area contributed by atoms with Gasteiger partial charge in [0.15, 0.2) is 0 Å². The third-order valence-corrected chi connectivity index (χ3v) is 4.20. The Balaban J connectivity index is 1.61. The first-order valence-electron chi connectivity index (χ1n) is 7.40. The molecule has 0 radical (unpaired) electrons. The van der Waals surface area contributed by atoms with Crippen LogP contribution < -0.4 is 10.6 Å². The van der Waals surface area contributed by atoms with Gasteiger partial charge >= 0.3 is 0 Å². The van der Waals surface area contributed by atoms with Crippen molar-refractivity contribution in [2.45, 2.75) is 13.5 Å². The van der Waals surface area contributed by atoms with Crippen molar-refractivity contribution in [1.29, 1.82) is 0 Å². The van der Waals surface area contributed by atoms with Crippen molar-refractivity contribution in [1.82, 2.24) is 20.2 Å². The number of imidazole rings is 1. The van der Waals surface area contributed by atoms with Gasteiger partial charge < -0.3 is 15.2 Å². The molecule has 1 unspecified atom stereocenters. The summed E-state index contributed by atoms with van der Waals surface area (Å²) in [4.78, 5) is 15.9. The zero-order valence-electron chi connectivity index (χ0n) is 12.4. The monoisotopic (exact) mass is 302 g/mol. The van der Waals surface area contributed by atoms with E-state index in [9.17, 15) is 9.18 Å². The smallest absolute Gasteiger partial charge is 0.223 e. The largest absolute Gasteiger partial charge is 0.352 e. The lowest BCUT2D eigenvalue weighted by atomic mass is 9.88. The van der Waals surface area contributed by atoms with Crippen LogP contribution in [0.2, 0.25) is 0 Å². The van der Waals surface area contributed by atoms with Crippen molar-refractivity contribution in [2.24, 2.45) is 11.8 Å². The molecule has 1 amide bonds. The molecule has 1 atom stereocenters. The average Bonchev–Trinajstić information content (AvgIpc) is 2.96. The number of hydrogen-bond acceptors (Lipinski definition) is 3. The summed E-state index contributed by atoms with van der Waals surface area (Å²) in [5, 5.41) is 6.04. The molecular formula is C16H19FN4O. The van der Waals surface area contributed by atoms with E-state index in [1.54, 1.807) is 29.4 Å². The highest BCUT2D eigenvalue weighted by molar-refractivity contribution is 5.78. The normalized spacial score (nSPS) is 16.1. The third kappa shape index (κ3) is 3.01. The molecule has 0 aliphatic carbocycles. The van der Waals surface area contributed by atoms with Crippen LogP contribution in [0.5, 0.6) is 0 Å². The van der Waals surface area contributed by atoms with Crippen LogP contribution in [0.1, 0.15) is 12.5 Å². The lowest BCUT2D eigenvalue weighted by Crippen LogP contribution is -2.49. The van der Waals surface area contributed by atoms with E-state index in [1.165, 1.54) is 6.07 Å². The standard InChI is InChI=1S/C16H19FN4O/c1-11(13-8-19-9-13)16(22)20-7-12-2-3-15(14(17)6-12)21-5-4-18-10-21/h2-6,10-11,13,19H,7-9H2,1H3,(H,20,22). The maximum absolute atomic E-state index is 14.1. The Morgan fingerprint density at radius 3 is 2.95 bits per heavy atom. The Hall–Kier alpha value is -2.21. The number of benzene rings is 1. The molecule has 1 aliphatic rings. The average molecular weight is 302 g/mol. The lowest BCUT2D eigenvalue weighted by Gasteiger charge is -2.31. The number of nitrogens with one attached hydrogen (secondary N) is 2. The molecule has 1 fully saturated rings. The SMILES string of the molecule is CC(C(=O)NCc1ccc(-n2ccnc2)c(F)c1)C1CNC1. The molecule has 1 saturated heterocycles. The van der Waals surface area contributed by atoms with Crippen LogP contribution in [-0.2, 0) is 11.3 Å². The fraction of sp³-hybridized carbons (Fsp3) is 0.375. The molecular weight excluding hydrogens is 283 g/mol. The van der Waals surface area contributed by atoms with Gasteiger partial charge in [0.2, 0.25) is 5.91 Å². The molecule has 3 rings (SSSR count). The van der Waals surface area contributed by atoms with Gasteiger partial charge in [-0.25, -0.2) is 9.37 Å². The first-order chi connectivity index (χ1) is 10.6. The second kappa shape index (κ2) is 6.27. The highest BCUT2D eigenvalue weighted by Crippen LogP contribution is 2.17. The second-order valence-electron chi connectivity index (χ2n) is 5.68. The van der Waals surface area contributed by atoms with E-state index in [0.717, 1.165) is 18.7 Å². The molecule has 116 valence electrons. The Morgan fingerprint density at radius 1 is 1.55 bits per heavy atom. The van der Waals surface area contributed by atoms with Gasteiger partial charge in [-0.1, -0.05) is 13.0 Å². The van der Waals surface area contributed by atoms with Gasteiger partial charge in [0.05, 0.1) is 12.0 Å². The zero-order valence-corrected chi connectivity index (χ0v) is 12.4. The van der Waals surface area contributed by atoms with Gasteiger partial charge in [-0.05, 0) is 36.7 Å². The maximum atomic E-state index is 14.1. The summed E-state index contributed by atoms with van der Waals surface area (Å²) < 4.78 is 15.7. The number of aromatic nitrogens is 2. The van der Waals surface area contributed by atoms with E-state index in [0.29, 0.717) is 18.2 Å². The van der Waals surface area contributed by atoms with E-state index in [4.69, 9.17) is 0 Å². The number of hydrogen-bond donors (Lipinski definition) is 2. The van der Waals surface area contributed by atoms with Crippen LogP contribution in [0.15, 0.2) is 36.9 Å². The van der Waals surface area contributed by atoms with Gasteiger partial charge in [-0.3, -0.25) is 4.79 Å². The Kier molecular flexibility index (Phi) is 4.20. The van der Waals surface area contributed by atoms with E-state index in [1.807, 2.05) is 13.0 Å². The van der Waals surface area contributed by atoms with E-state index >= 15 is 0 Å². The Labute approximate surface area is 128 Å². The Bertz CT molecular complexity index is 652. The van der Waals surface area contributed by atoms with Gasteiger partial charge in [-0.2, -0.15) is 0 Å². The topological polar surface area (TPSA) is 59.0 Å². The molecule has 2 heterocycles. The van der Waals surface area contributed by atoms with E-state index in [2.05, 4.69) is 15.6 Å². The molecule has 0 saturated carbocycles. The fourth-order valence-corrected chi connectivity index (χ4v) is 2.50. The van der Waals surface area contributed by atoms with Crippen LogP contribution >= 0.6 is 0 Å². The number of rotatable bonds is 5. The number of carbonyl (C=O) groups excluding carboxylic acids is 1. The highest BCUT2D eigenvalue weighted by Gasteiger charge is 2.28. The van der Waals surface area contributed by atoms with Crippen LogP contribution in [-0.4, -0.2) is 28.5 Å².